The molecule has 1 aromatic carbocycles. The zero-order chi connectivity index (χ0) is 20.6. The molecule has 2 fully saturated rings. The highest BCUT2D eigenvalue weighted by atomic mass is 127. The van der Waals surface area contributed by atoms with Crippen LogP contribution in [-0.4, -0.2) is 70.3 Å². The molecule has 0 spiro atoms. The topological polar surface area (TPSA) is 87.2 Å². The maximum Gasteiger partial charge on any atom is 0.223 e. The standard InChI is InChI=1S/C21H33N5O3.HI/c1-22-21(24-8-7-23-20(27)16-4-5-16)25-17-6-9-26(14-17)13-15-10-18(28-2)12-19(11-15)29-3;/h10-12,16-17H,4-9,13-14H2,1-3H3,(H,23,27)(H2,22,24,25);1H. The summed E-state index contributed by atoms with van der Waals surface area (Å²) in [6.07, 6.45) is 3.12. The van der Waals surface area contributed by atoms with Gasteiger partial charge in [-0.1, -0.05) is 0 Å². The number of hydrogen-bond donors (Lipinski definition) is 3. The van der Waals surface area contributed by atoms with Gasteiger partial charge < -0.3 is 25.4 Å². The Morgan fingerprint density at radius 3 is 2.37 bits per heavy atom. The van der Waals surface area contributed by atoms with Crippen molar-refractivity contribution in [1.82, 2.24) is 20.9 Å². The largest absolute Gasteiger partial charge is 0.497 e. The lowest BCUT2D eigenvalue weighted by molar-refractivity contribution is -0.122. The quantitative estimate of drug-likeness (QED) is 0.194. The van der Waals surface area contributed by atoms with Crippen LogP contribution in [0.5, 0.6) is 11.5 Å². The van der Waals surface area contributed by atoms with Crippen molar-refractivity contribution < 1.29 is 14.3 Å². The minimum atomic E-state index is 0. The highest BCUT2D eigenvalue weighted by Crippen LogP contribution is 2.28. The van der Waals surface area contributed by atoms with Crippen LogP contribution in [0.15, 0.2) is 23.2 Å². The maximum atomic E-state index is 11.7. The van der Waals surface area contributed by atoms with Crippen LogP contribution in [0.2, 0.25) is 0 Å². The fraction of sp³-hybridized carbons (Fsp3) is 0.619. The van der Waals surface area contributed by atoms with E-state index in [2.05, 4.69) is 38.0 Å². The van der Waals surface area contributed by atoms with Crippen molar-refractivity contribution in [3.63, 3.8) is 0 Å². The van der Waals surface area contributed by atoms with Crippen LogP contribution in [0.25, 0.3) is 0 Å². The molecule has 0 radical (unpaired) electrons. The fourth-order valence-corrected chi connectivity index (χ4v) is 3.55. The minimum Gasteiger partial charge on any atom is -0.497 e. The first-order valence-corrected chi connectivity index (χ1v) is 10.3. The molecule has 0 bridgehead atoms. The number of carbonyl (C=O) groups excluding carboxylic acids is 1. The maximum absolute atomic E-state index is 11.7. The number of benzene rings is 1. The Bertz CT molecular complexity index is 704. The van der Waals surface area contributed by atoms with Gasteiger partial charge in [0.05, 0.1) is 14.2 Å². The zero-order valence-corrected chi connectivity index (χ0v) is 20.4. The van der Waals surface area contributed by atoms with E-state index in [1.165, 1.54) is 5.56 Å². The molecule has 30 heavy (non-hydrogen) atoms. The van der Waals surface area contributed by atoms with Crippen molar-refractivity contribution >= 4 is 35.8 Å². The Labute approximate surface area is 196 Å². The predicted molar refractivity (Wildman–Crippen MR) is 129 cm³/mol. The lowest BCUT2D eigenvalue weighted by atomic mass is 10.2. The molecule has 1 heterocycles. The molecule has 1 aromatic rings. The van der Waals surface area contributed by atoms with Crippen molar-refractivity contribution in [1.29, 1.82) is 0 Å². The van der Waals surface area contributed by atoms with E-state index in [0.717, 1.165) is 56.4 Å². The number of likely N-dealkylation sites (tertiary alicyclic amines) is 1. The predicted octanol–water partition coefficient (Wildman–Crippen LogP) is 1.59. The Morgan fingerprint density at radius 1 is 1.10 bits per heavy atom. The summed E-state index contributed by atoms with van der Waals surface area (Å²) in [6.45, 7) is 4.10. The third kappa shape index (κ3) is 7.50. The number of nitrogens with zero attached hydrogens (tertiary/aromatic N) is 2. The summed E-state index contributed by atoms with van der Waals surface area (Å²) in [7, 11) is 5.11. The van der Waals surface area contributed by atoms with Crippen molar-refractivity contribution in [2.24, 2.45) is 10.9 Å². The van der Waals surface area contributed by atoms with Gasteiger partial charge in [-0.15, -0.1) is 24.0 Å². The number of nitrogens with one attached hydrogen (secondary N) is 3. The molecule has 3 N–H and O–H groups in total. The number of rotatable bonds is 9. The van der Waals surface area contributed by atoms with Crippen molar-refractivity contribution in [2.45, 2.75) is 31.8 Å². The molecule has 1 unspecified atom stereocenters. The molecule has 3 rings (SSSR count). The second-order valence-corrected chi connectivity index (χ2v) is 7.65. The van der Waals surface area contributed by atoms with Crippen LogP contribution in [-0.2, 0) is 11.3 Å². The van der Waals surface area contributed by atoms with E-state index >= 15 is 0 Å². The number of amides is 1. The van der Waals surface area contributed by atoms with Gasteiger partial charge in [0, 0.05) is 57.8 Å². The van der Waals surface area contributed by atoms with Gasteiger partial charge in [-0.25, -0.2) is 0 Å². The van der Waals surface area contributed by atoms with E-state index in [1.54, 1.807) is 21.3 Å². The number of methoxy groups -OCH3 is 2. The van der Waals surface area contributed by atoms with Crippen LogP contribution in [0, 0.1) is 5.92 Å². The van der Waals surface area contributed by atoms with E-state index in [1.807, 2.05) is 6.07 Å². The van der Waals surface area contributed by atoms with Gasteiger partial charge in [0.1, 0.15) is 11.5 Å². The molecule has 1 aliphatic carbocycles. The van der Waals surface area contributed by atoms with Crippen LogP contribution in [0.4, 0.5) is 0 Å². The molecule has 1 saturated carbocycles. The molecule has 168 valence electrons. The second-order valence-electron chi connectivity index (χ2n) is 7.65. The summed E-state index contributed by atoms with van der Waals surface area (Å²) < 4.78 is 10.7. The number of hydrogen-bond acceptors (Lipinski definition) is 5. The Morgan fingerprint density at radius 2 is 1.77 bits per heavy atom. The lowest BCUT2D eigenvalue weighted by Crippen LogP contribution is -2.46. The van der Waals surface area contributed by atoms with Gasteiger partial charge in [0.15, 0.2) is 5.96 Å². The number of carbonyl (C=O) groups is 1. The van der Waals surface area contributed by atoms with Gasteiger partial charge in [-0.05, 0) is 37.0 Å². The SMILES string of the molecule is CN=C(NCCNC(=O)C1CC1)NC1CCN(Cc2cc(OC)cc(OC)c2)C1.I. The lowest BCUT2D eigenvalue weighted by Gasteiger charge is -2.19. The van der Waals surface area contributed by atoms with Gasteiger partial charge >= 0.3 is 0 Å². The van der Waals surface area contributed by atoms with Gasteiger partial charge in [0.2, 0.25) is 5.91 Å². The van der Waals surface area contributed by atoms with E-state index < -0.39 is 0 Å². The van der Waals surface area contributed by atoms with Crippen LogP contribution < -0.4 is 25.4 Å². The summed E-state index contributed by atoms with van der Waals surface area (Å²) in [5.74, 6) is 2.83. The summed E-state index contributed by atoms with van der Waals surface area (Å²) in [4.78, 5) is 18.4. The average Bonchev–Trinajstić information content (AvgIpc) is 3.50. The average molecular weight is 531 g/mol. The van der Waals surface area contributed by atoms with E-state index in [4.69, 9.17) is 9.47 Å². The number of halogens is 1. The molecule has 1 saturated heterocycles. The van der Waals surface area contributed by atoms with Crippen molar-refractivity contribution in [2.75, 3.05) is 47.4 Å². The second kappa shape index (κ2) is 12.2. The minimum absolute atomic E-state index is 0. The van der Waals surface area contributed by atoms with Crippen LogP contribution >= 0.6 is 24.0 Å². The number of ether oxygens (including phenoxy) is 2. The number of aliphatic imine (C=N–C) groups is 1. The molecule has 1 amide bonds. The first-order chi connectivity index (χ1) is 14.1. The van der Waals surface area contributed by atoms with Gasteiger partial charge in [0.25, 0.3) is 0 Å². The molecular weight excluding hydrogens is 497 g/mol. The Kier molecular flexibility index (Phi) is 9.96. The first-order valence-electron chi connectivity index (χ1n) is 10.3. The Balaban J connectivity index is 0.00000320. The summed E-state index contributed by atoms with van der Waals surface area (Å²) in [5, 5.41) is 9.72. The summed E-state index contributed by atoms with van der Waals surface area (Å²) in [6, 6.07) is 6.34. The molecule has 9 heteroatoms. The summed E-state index contributed by atoms with van der Waals surface area (Å²) in [5.41, 5.74) is 1.18. The van der Waals surface area contributed by atoms with Crippen molar-refractivity contribution in [3.8, 4) is 11.5 Å². The van der Waals surface area contributed by atoms with E-state index in [9.17, 15) is 4.79 Å². The molecule has 8 nitrogen and oxygen atoms in total. The first kappa shape index (κ1) is 24.5. The van der Waals surface area contributed by atoms with Gasteiger partial charge in [-0.3, -0.25) is 14.7 Å². The third-order valence-corrected chi connectivity index (χ3v) is 5.32. The summed E-state index contributed by atoms with van der Waals surface area (Å²) >= 11 is 0. The normalized spacial score (nSPS) is 19.0. The highest BCUT2D eigenvalue weighted by Gasteiger charge is 2.29. The van der Waals surface area contributed by atoms with Crippen LogP contribution in [0.3, 0.4) is 0 Å². The number of guanidine groups is 1. The zero-order valence-electron chi connectivity index (χ0n) is 18.1. The van der Waals surface area contributed by atoms with E-state index in [0.29, 0.717) is 19.1 Å². The van der Waals surface area contributed by atoms with Gasteiger partial charge in [-0.2, -0.15) is 0 Å². The molecular formula is C21H34IN5O3. The monoisotopic (exact) mass is 531 g/mol. The fourth-order valence-electron chi connectivity index (χ4n) is 3.55. The van der Waals surface area contributed by atoms with Crippen molar-refractivity contribution in [3.05, 3.63) is 23.8 Å². The Hall–Kier alpha value is -1.75. The molecule has 1 atom stereocenters. The third-order valence-electron chi connectivity index (χ3n) is 5.32. The molecule has 2 aliphatic rings. The smallest absolute Gasteiger partial charge is 0.223 e. The molecule has 0 aromatic heterocycles. The van der Waals surface area contributed by atoms with E-state index in [-0.39, 0.29) is 35.8 Å². The molecule has 1 aliphatic heterocycles. The van der Waals surface area contributed by atoms with Crippen LogP contribution in [0.1, 0.15) is 24.8 Å². The highest BCUT2D eigenvalue weighted by molar-refractivity contribution is 14.0.